The van der Waals surface area contributed by atoms with E-state index < -0.39 is 0 Å². The Balaban J connectivity index is 1.43. The van der Waals surface area contributed by atoms with E-state index in [9.17, 15) is 0 Å². The van der Waals surface area contributed by atoms with Crippen LogP contribution in [0.4, 0.5) is 17.1 Å². The van der Waals surface area contributed by atoms with Crippen molar-refractivity contribution in [1.82, 2.24) is 0 Å². The zero-order chi connectivity index (χ0) is 26.5. The van der Waals surface area contributed by atoms with Crippen LogP contribution in [0.25, 0.3) is 52.8 Å². The molecule has 0 radical (unpaired) electrons. The predicted octanol–water partition coefficient (Wildman–Crippen LogP) is 11.5. The van der Waals surface area contributed by atoms with Crippen molar-refractivity contribution < 1.29 is 0 Å². The summed E-state index contributed by atoms with van der Waals surface area (Å²) in [7, 11) is 0. The minimum Gasteiger partial charge on any atom is -0.310 e. The number of hydrogen-bond donors (Lipinski definition) is 0. The summed E-state index contributed by atoms with van der Waals surface area (Å²) < 4.78 is 2.63. The highest BCUT2D eigenvalue weighted by atomic mass is 32.1. The van der Waals surface area contributed by atoms with Gasteiger partial charge in [0.15, 0.2) is 0 Å². The molecule has 0 aliphatic heterocycles. The van der Waals surface area contributed by atoms with Gasteiger partial charge in [0.2, 0.25) is 0 Å². The molecule has 1 aromatic heterocycles. The van der Waals surface area contributed by atoms with Crippen molar-refractivity contribution in [2.45, 2.75) is 0 Å². The Kier molecular flexibility index (Phi) is 5.39. The standard InChI is InChI=1S/C38H25NS/c1-3-12-26(13-4-1)27-16-11-19-31(22-27)39(30-17-5-2-6-18-30)35-25-37-38(33-21-10-9-20-32(33)35)34-23-28-14-7-8-15-29(28)24-36(34)40-37/h1-25H. The highest BCUT2D eigenvalue weighted by Gasteiger charge is 2.20. The molecule has 2 heteroatoms. The first-order chi connectivity index (χ1) is 19.8. The molecule has 0 fully saturated rings. The van der Waals surface area contributed by atoms with Gasteiger partial charge < -0.3 is 4.90 Å². The lowest BCUT2D eigenvalue weighted by Crippen LogP contribution is -2.10. The van der Waals surface area contributed by atoms with Gasteiger partial charge in [0.05, 0.1) is 5.69 Å². The average Bonchev–Trinajstić information content (AvgIpc) is 3.38. The fraction of sp³-hybridized carbons (Fsp3) is 0. The predicted molar refractivity (Wildman–Crippen MR) is 174 cm³/mol. The summed E-state index contributed by atoms with van der Waals surface area (Å²) in [6, 6.07) is 54.9. The van der Waals surface area contributed by atoms with Crippen LogP contribution in [0, 0.1) is 0 Å². The van der Waals surface area contributed by atoms with Gasteiger partial charge in [-0.15, -0.1) is 11.3 Å². The summed E-state index contributed by atoms with van der Waals surface area (Å²) in [5.74, 6) is 0. The van der Waals surface area contributed by atoms with E-state index >= 15 is 0 Å². The van der Waals surface area contributed by atoms with E-state index in [1.165, 1.54) is 58.5 Å². The summed E-state index contributed by atoms with van der Waals surface area (Å²) in [4.78, 5) is 2.41. The molecule has 0 saturated carbocycles. The molecule has 0 bridgehead atoms. The van der Waals surface area contributed by atoms with Gasteiger partial charge in [0.25, 0.3) is 0 Å². The molecule has 1 heterocycles. The lowest BCUT2D eigenvalue weighted by molar-refractivity contribution is 1.30. The Morgan fingerprint density at radius 2 is 1.02 bits per heavy atom. The number of anilines is 3. The van der Waals surface area contributed by atoms with Crippen LogP contribution < -0.4 is 4.90 Å². The van der Waals surface area contributed by atoms with Gasteiger partial charge in [-0.2, -0.15) is 0 Å². The first-order valence-corrected chi connectivity index (χ1v) is 14.4. The van der Waals surface area contributed by atoms with Crippen molar-refractivity contribution in [3.63, 3.8) is 0 Å². The van der Waals surface area contributed by atoms with Gasteiger partial charge in [-0.25, -0.2) is 0 Å². The quantitative estimate of drug-likeness (QED) is 0.220. The van der Waals surface area contributed by atoms with Gasteiger partial charge in [0.1, 0.15) is 0 Å². The fourth-order valence-corrected chi connectivity index (χ4v) is 7.14. The Bertz CT molecular complexity index is 2160. The minimum absolute atomic E-state index is 1.14. The maximum absolute atomic E-state index is 2.41. The average molecular weight is 528 g/mol. The van der Waals surface area contributed by atoms with Crippen molar-refractivity contribution >= 4 is 70.1 Å². The minimum atomic E-state index is 1.14. The molecule has 8 rings (SSSR count). The molecule has 0 aliphatic carbocycles. The highest BCUT2D eigenvalue weighted by Crippen LogP contribution is 2.47. The zero-order valence-electron chi connectivity index (χ0n) is 21.8. The maximum Gasteiger partial charge on any atom is 0.0554 e. The molecular formula is C38H25NS. The van der Waals surface area contributed by atoms with Crippen molar-refractivity contribution in [2.24, 2.45) is 0 Å². The Hall–Kier alpha value is -4.92. The number of para-hydroxylation sites is 1. The van der Waals surface area contributed by atoms with Gasteiger partial charge in [0, 0.05) is 36.9 Å². The first-order valence-electron chi connectivity index (χ1n) is 13.6. The van der Waals surface area contributed by atoms with Crippen LogP contribution in [0.2, 0.25) is 0 Å². The second-order valence-corrected chi connectivity index (χ2v) is 11.3. The summed E-state index contributed by atoms with van der Waals surface area (Å²) in [5.41, 5.74) is 5.90. The third kappa shape index (κ3) is 3.77. The molecule has 8 aromatic rings. The monoisotopic (exact) mass is 527 g/mol. The van der Waals surface area contributed by atoms with Crippen molar-refractivity contribution in [1.29, 1.82) is 0 Å². The third-order valence-corrected chi connectivity index (χ3v) is 8.89. The third-order valence-electron chi connectivity index (χ3n) is 7.79. The van der Waals surface area contributed by atoms with Crippen molar-refractivity contribution in [3.05, 3.63) is 152 Å². The normalized spacial score (nSPS) is 11.5. The number of rotatable bonds is 4. The molecule has 40 heavy (non-hydrogen) atoms. The van der Waals surface area contributed by atoms with Gasteiger partial charge >= 0.3 is 0 Å². The molecule has 0 atom stereocenters. The second-order valence-electron chi connectivity index (χ2n) is 10.2. The van der Waals surface area contributed by atoms with E-state index in [-0.39, 0.29) is 0 Å². The fourth-order valence-electron chi connectivity index (χ4n) is 5.95. The molecule has 7 aromatic carbocycles. The highest BCUT2D eigenvalue weighted by molar-refractivity contribution is 7.26. The van der Waals surface area contributed by atoms with Crippen LogP contribution in [0.5, 0.6) is 0 Å². The van der Waals surface area contributed by atoms with Gasteiger partial charge in [-0.1, -0.05) is 109 Å². The summed E-state index contributed by atoms with van der Waals surface area (Å²) in [5, 5.41) is 7.78. The van der Waals surface area contributed by atoms with E-state index in [1.54, 1.807) is 0 Å². The summed E-state index contributed by atoms with van der Waals surface area (Å²) in [6.45, 7) is 0. The van der Waals surface area contributed by atoms with Crippen LogP contribution in [-0.2, 0) is 0 Å². The maximum atomic E-state index is 2.41. The smallest absolute Gasteiger partial charge is 0.0554 e. The number of benzene rings is 7. The molecule has 0 spiro atoms. The second kappa shape index (κ2) is 9.37. The van der Waals surface area contributed by atoms with Crippen molar-refractivity contribution in [2.75, 3.05) is 4.90 Å². The number of hydrogen-bond acceptors (Lipinski definition) is 2. The molecule has 0 saturated heterocycles. The van der Waals surface area contributed by atoms with Gasteiger partial charge in [-0.3, -0.25) is 0 Å². The molecule has 0 unspecified atom stereocenters. The molecule has 188 valence electrons. The van der Waals surface area contributed by atoms with E-state index in [4.69, 9.17) is 0 Å². The number of fused-ring (bicyclic) bond motifs is 6. The van der Waals surface area contributed by atoms with Gasteiger partial charge in [-0.05, 0) is 69.8 Å². The zero-order valence-corrected chi connectivity index (χ0v) is 22.6. The largest absolute Gasteiger partial charge is 0.310 e. The number of nitrogens with zero attached hydrogens (tertiary/aromatic N) is 1. The lowest BCUT2D eigenvalue weighted by Gasteiger charge is -2.27. The summed E-state index contributed by atoms with van der Waals surface area (Å²) in [6.07, 6.45) is 0. The van der Waals surface area contributed by atoms with E-state index in [0.717, 1.165) is 11.4 Å². The molecule has 0 amide bonds. The van der Waals surface area contributed by atoms with Crippen LogP contribution in [-0.4, -0.2) is 0 Å². The Morgan fingerprint density at radius 1 is 0.400 bits per heavy atom. The first kappa shape index (κ1) is 23.0. The molecular weight excluding hydrogens is 502 g/mol. The topological polar surface area (TPSA) is 3.24 Å². The lowest BCUT2D eigenvalue weighted by atomic mass is 9.99. The van der Waals surface area contributed by atoms with Crippen LogP contribution >= 0.6 is 11.3 Å². The Morgan fingerprint density at radius 3 is 1.82 bits per heavy atom. The van der Waals surface area contributed by atoms with Crippen molar-refractivity contribution in [3.8, 4) is 11.1 Å². The number of thiophene rings is 1. The molecule has 0 N–H and O–H groups in total. The Labute approximate surface area is 237 Å². The van der Waals surface area contributed by atoms with Crippen LogP contribution in [0.15, 0.2) is 152 Å². The van der Waals surface area contributed by atoms with E-state index in [1.807, 2.05) is 11.3 Å². The van der Waals surface area contributed by atoms with Crippen LogP contribution in [0.1, 0.15) is 0 Å². The molecule has 0 aliphatic rings. The van der Waals surface area contributed by atoms with Crippen LogP contribution in [0.3, 0.4) is 0 Å². The summed E-state index contributed by atoms with van der Waals surface area (Å²) >= 11 is 1.89. The van der Waals surface area contributed by atoms with E-state index in [0.29, 0.717) is 0 Å². The van der Waals surface area contributed by atoms with E-state index in [2.05, 4.69) is 157 Å². The molecule has 1 nitrogen and oxygen atoms in total. The SMILES string of the molecule is c1ccc(-c2cccc(N(c3ccccc3)c3cc4sc5cc6ccccc6cc5c4c4ccccc34)c2)cc1.